The summed E-state index contributed by atoms with van der Waals surface area (Å²) < 4.78 is 12.8. The highest BCUT2D eigenvalue weighted by molar-refractivity contribution is 8.77. The maximum atomic E-state index is 14.2. The van der Waals surface area contributed by atoms with E-state index in [2.05, 4.69) is 20.4 Å². The lowest BCUT2D eigenvalue weighted by molar-refractivity contribution is -0.149. The van der Waals surface area contributed by atoms with Gasteiger partial charge in [-0.25, -0.2) is 0 Å². The van der Waals surface area contributed by atoms with Crippen molar-refractivity contribution in [2.75, 3.05) is 37.7 Å². The molecule has 306 valence electrons. The van der Waals surface area contributed by atoms with Crippen molar-refractivity contribution in [3.8, 4) is 23.0 Å². The summed E-state index contributed by atoms with van der Waals surface area (Å²) in [5.41, 5.74) is 1.09. The molecule has 2 aromatic rings. The average Bonchev–Trinajstić information content (AvgIpc) is 4.13. The van der Waals surface area contributed by atoms with Gasteiger partial charge in [-0.15, -0.1) is 0 Å². The van der Waals surface area contributed by atoms with Crippen LogP contribution < -0.4 is 20.1 Å². The molecule has 6 fully saturated rings. The number of likely N-dealkylation sites (tertiary alicyclic amines) is 2. The summed E-state index contributed by atoms with van der Waals surface area (Å²) in [5.74, 6) is 2.32. The van der Waals surface area contributed by atoms with Crippen molar-refractivity contribution in [3.05, 3.63) is 46.5 Å². The Labute approximate surface area is 345 Å². The van der Waals surface area contributed by atoms with E-state index in [9.17, 15) is 29.4 Å². The van der Waals surface area contributed by atoms with Gasteiger partial charge in [-0.2, -0.15) is 0 Å². The van der Waals surface area contributed by atoms with Gasteiger partial charge in [-0.1, -0.05) is 33.7 Å². The van der Waals surface area contributed by atoms with Crippen molar-refractivity contribution >= 4 is 45.0 Å². The number of aromatic hydroxyl groups is 2. The number of benzene rings is 2. The molecule has 0 aromatic heterocycles. The zero-order valence-corrected chi connectivity index (χ0v) is 34.2. The molecule has 2 amide bonds. The van der Waals surface area contributed by atoms with Gasteiger partial charge in [0.15, 0.2) is 46.8 Å². The standard InChI is InChI=1S/C44H50N4O8S2/c49-27-7-5-25-17-31-43(11-9-29(51)39-41(43,35(25)37(27)55-39)13-15-47(31)19-23-1-2-23)45-33(53)21-57-58-22-34(54)46-44-12-10-30(52)40-42(44)14-16-48(20-24-3-4-24)32(44)18-26-6-8-28(50)38(56-40)36(26)42/h5-8,23-24,31-32,39-40,49-50H,1-4,9-22H2,(H,45,53)(H,46,54)/t31-,32-,39+,40+,41+,42+,43-,44-/m1/s1. The van der Waals surface area contributed by atoms with E-state index in [0.717, 1.165) is 61.3 Å². The molecule has 4 heterocycles. The number of phenolic OH excluding ortho intramolecular Hbond substituents is 2. The first-order valence-electron chi connectivity index (χ1n) is 21.5. The van der Waals surface area contributed by atoms with E-state index in [1.54, 1.807) is 12.1 Å². The first-order chi connectivity index (χ1) is 28.1. The molecule has 4 aliphatic heterocycles. The van der Waals surface area contributed by atoms with Gasteiger partial charge in [-0.05, 0) is 112 Å². The SMILES string of the molecule is O=C(CSSCC(=O)N[C@@]12CCC(=O)[C@@H]3Oc4c(O)ccc5c4[C@@]31CCN(CC1CC1)[C@@H]2C5)N[C@@]12CCC(=O)[C@@H]3Oc4c(O)ccc5c4[C@@]31CCN(CC1CC1)[C@@H]2C5. The minimum Gasteiger partial charge on any atom is -0.504 e. The third-order valence-electron chi connectivity index (χ3n) is 16.4. The summed E-state index contributed by atoms with van der Waals surface area (Å²) in [7, 11) is 2.72. The van der Waals surface area contributed by atoms with Gasteiger partial charge >= 0.3 is 0 Å². The molecule has 0 unspecified atom stereocenters. The van der Waals surface area contributed by atoms with E-state index < -0.39 is 34.1 Å². The number of rotatable bonds is 11. The maximum Gasteiger partial charge on any atom is 0.231 e. The minimum absolute atomic E-state index is 0.00260. The number of nitrogens with one attached hydrogen (secondary N) is 2. The second kappa shape index (κ2) is 12.5. The van der Waals surface area contributed by atoms with E-state index >= 15 is 0 Å². The number of amides is 2. The summed E-state index contributed by atoms with van der Waals surface area (Å²) in [6, 6.07) is 7.33. The molecule has 4 N–H and O–H groups in total. The highest BCUT2D eigenvalue weighted by Crippen LogP contribution is 2.67. The molecule has 58 heavy (non-hydrogen) atoms. The fourth-order valence-corrected chi connectivity index (χ4v) is 15.6. The number of Topliss-reactive ketones (excluding diaryl/α,β-unsaturated/α-hetero) is 2. The highest BCUT2D eigenvalue weighted by atomic mass is 33.1. The van der Waals surface area contributed by atoms with Crippen molar-refractivity contribution in [1.82, 2.24) is 20.4 Å². The predicted octanol–water partition coefficient (Wildman–Crippen LogP) is 3.69. The van der Waals surface area contributed by atoms with Crippen molar-refractivity contribution in [3.63, 3.8) is 0 Å². The van der Waals surface area contributed by atoms with Gasteiger partial charge in [-0.3, -0.25) is 29.0 Å². The number of ether oxygens (including phenoxy) is 2. The second-order valence-electron chi connectivity index (χ2n) is 19.1. The van der Waals surface area contributed by atoms with Crippen LogP contribution in [0.5, 0.6) is 23.0 Å². The van der Waals surface area contributed by atoms with Crippen molar-refractivity contribution in [1.29, 1.82) is 0 Å². The molecule has 12 rings (SSSR count). The van der Waals surface area contributed by atoms with Crippen LogP contribution in [0.3, 0.4) is 0 Å². The molecule has 8 atom stereocenters. The molecule has 2 aromatic carbocycles. The molecule has 6 aliphatic carbocycles. The number of nitrogens with zero attached hydrogens (tertiary/aromatic N) is 2. The molecule has 0 radical (unpaired) electrons. The molecule has 2 saturated heterocycles. The fourth-order valence-electron chi connectivity index (χ4n) is 13.9. The van der Waals surface area contributed by atoms with Crippen LogP contribution in [0.1, 0.15) is 86.5 Å². The molecular weight excluding hydrogens is 777 g/mol. The average molecular weight is 827 g/mol. The summed E-state index contributed by atoms with van der Waals surface area (Å²) >= 11 is 0. The van der Waals surface area contributed by atoms with Crippen LogP contribution in [-0.4, -0.2) is 116 Å². The Balaban J connectivity index is 0.786. The number of phenols is 2. The molecule has 4 bridgehead atoms. The Morgan fingerprint density at radius 1 is 0.672 bits per heavy atom. The lowest BCUT2D eigenvalue weighted by atomic mass is 9.47. The van der Waals surface area contributed by atoms with Crippen LogP contribution in [0, 0.1) is 11.8 Å². The van der Waals surface area contributed by atoms with Gasteiger partial charge in [0.1, 0.15) is 0 Å². The third kappa shape index (κ3) is 4.74. The number of hydrogen-bond acceptors (Lipinski definition) is 12. The first kappa shape index (κ1) is 36.4. The smallest absolute Gasteiger partial charge is 0.231 e. The van der Waals surface area contributed by atoms with Crippen LogP contribution in [-0.2, 0) is 42.8 Å². The zero-order chi connectivity index (χ0) is 39.3. The number of carbonyl (C=O) groups excluding carboxylic acids is 4. The maximum absolute atomic E-state index is 14.2. The van der Waals surface area contributed by atoms with Crippen molar-refractivity contribution in [2.24, 2.45) is 11.8 Å². The third-order valence-corrected chi connectivity index (χ3v) is 18.5. The monoisotopic (exact) mass is 826 g/mol. The van der Waals surface area contributed by atoms with Crippen LogP contribution in [0.4, 0.5) is 0 Å². The topological polar surface area (TPSA) is 158 Å². The van der Waals surface area contributed by atoms with Crippen LogP contribution in [0.25, 0.3) is 0 Å². The number of piperidine rings is 2. The number of ketones is 2. The highest BCUT2D eigenvalue weighted by Gasteiger charge is 2.75. The Hall–Kier alpha value is -3.46. The minimum atomic E-state index is -0.745. The molecule has 10 aliphatic rings. The van der Waals surface area contributed by atoms with Gasteiger partial charge < -0.3 is 30.3 Å². The van der Waals surface area contributed by atoms with E-state index in [1.165, 1.54) is 47.3 Å². The van der Waals surface area contributed by atoms with E-state index in [4.69, 9.17) is 9.47 Å². The van der Waals surface area contributed by atoms with Gasteiger partial charge in [0.2, 0.25) is 11.8 Å². The molecule has 2 spiro atoms. The number of hydrogen-bond donors (Lipinski definition) is 4. The zero-order valence-electron chi connectivity index (χ0n) is 32.6. The first-order valence-corrected chi connectivity index (χ1v) is 24.0. The normalized spacial score (nSPS) is 37.4. The Morgan fingerprint density at radius 3 is 1.52 bits per heavy atom. The summed E-state index contributed by atoms with van der Waals surface area (Å²) in [6.45, 7) is 3.60. The molecular formula is C44H50N4O8S2. The van der Waals surface area contributed by atoms with E-state index in [1.807, 2.05) is 12.1 Å². The quantitative estimate of drug-likeness (QED) is 0.193. The predicted molar refractivity (Wildman–Crippen MR) is 216 cm³/mol. The van der Waals surface area contributed by atoms with Crippen LogP contribution in [0.15, 0.2) is 24.3 Å². The summed E-state index contributed by atoms with van der Waals surface area (Å²) in [5, 5.41) is 29.1. The Kier molecular flexibility index (Phi) is 7.87. The van der Waals surface area contributed by atoms with Crippen LogP contribution >= 0.6 is 21.6 Å². The van der Waals surface area contributed by atoms with E-state index in [0.29, 0.717) is 61.9 Å². The fraction of sp³-hybridized carbons (Fsp3) is 0.636. The van der Waals surface area contributed by atoms with E-state index in [-0.39, 0.29) is 58.5 Å². The Bertz CT molecular complexity index is 2050. The van der Waals surface area contributed by atoms with Crippen LogP contribution in [0.2, 0.25) is 0 Å². The van der Waals surface area contributed by atoms with Gasteiger partial charge in [0.05, 0.1) is 33.4 Å². The Morgan fingerprint density at radius 2 is 1.10 bits per heavy atom. The largest absolute Gasteiger partial charge is 0.504 e. The second-order valence-corrected chi connectivity index (χ2v) is 21.6. The number of carbonyl (C=O) groups is 4. The summed E-state index contributed by atoms with van der Waals surface area (Å²) in [6.07, 6.45) is 7.83. The lowest BCUT2D eigenvalue weighted by Gasteiger charge is -2.65. The summed E-state index contributed by atoms with van der Waals surface area (Å²) in [4.78, 5) is 60.9. The van der Waals surface area contributed by atoms with Gasteiger partial charge in [0, 0.05) is 49.1 Å². The van der Waals surface area contributed by atoms with Crippen molar-refractivity contribution < 1.29 is 38.9 Å². The van der Waals surface area contributed by atoms with Gasteiger partial charge in [0.25, 0.3) is 0 Å². The van der Waals surface area contributed by atoms with Crippen molar-refractivity contribution in [2.45, 2.75) is 123 Å². The molecule has 4 saturated carbocycles. The molecule has 14 heteroatoms. The molecule has 12 nitrogen and oxygen atoms in total. The lowest BCUT2D eigenvalue weighted by Crippen LogP contribution is -2.82.